The maximum Gasteiger partial charge on any atom is 0.293 e. The summed E-state index contributed by atoms with van der Waals surface area (Å²) in [6, 6.07) is 0.106. The zero-order valence-corrected chi connectivity index (χ0v) is 11.0. The van der Waals surface area contributed by atoms with Crippen LogP contribution in [0.4, 0.5) is 0 Å². The third-order valence-electron chi connectivity index (χ3n) is 3.68. The number of H-pyrrole nitrogens is 1. The van der Waals surface area contributed by atoms with Crippen molar-refractivity contribution in [1.82, 2.24) is 20.1 Å². The first-order valence-corrected chi connectivity index (χ1v) is 6.59. The van der Waals surface area contributed by atoms with E-state index in [1.54, 1.807) is 0 Å². The Morgan fingerprint density at radius 1 is 1.61 bits per heavy atom. The van der Waals surface area contributed by atoms with Crippen LogP contribution < -0.4 is 5.73 Å². The first-order valence-electron chi connectivity index (χ1n) is 6.59. The quantitative estimate of drug-likeness (QED) is 0.822. The number of aryl methyl sites for hydroxylation is 1. The van der Waals surface area contributed by atoms with E-state index in [0.29, 0.717) is 12.5 Å². The summed E-state index contributed by atoms with van der Waals surface area (Å²) in [5.41, 5.74) is 5.79. The molecule has 0 spiro atoms. The predicted molar refractivity (Wildman–Crippen MR) is 68.0 cm³/mol. The fourth-order valence-electron chi connectivity index (χ4n) is 2.54. The minimum atomic E-state index is -0.104. The molecule has 0 aromatic carbocycles. The number of amides is 1. The zero-order chi connectivity index (χ0) is 13.1. The summed E-state index contributed by atoms with van der Waals surface area (Å²) in [6.45, 7) is 5.37. The van der Waals surface area contributed by atoms with Gasteiger partial charge in [-0.2, -0.15) is 0 Å². The van der Waals surface area contributed by atoms with E-state index in [-0.39, 0.29) is 17.8 Å². The number of piperidine rings is 1. The molecule has 1 aliphatic rings. The van der Waals surface area contributed by atoms with Gasteiger partial charge < -0.3 is 10.6 Å². The smallest absolute Gasteiger partial charge is 0.293 e. The van der Waals surface area contributed by atoms with Crippen molar-refractivity contribution in [3.63, 3.8) is 0 Å². The van der Waals surface area contributed by atoms with Crippen molar-refractivity contribution in [1.29, 1.82) is 0 Å². The molecular formula is C12H21N5O. The lowest BCUT2D eigenvalue weighted by molar-refractivity contribution is 0.0520. The summed E-state index contributed by atoms with van der Waals surface area (Å²) >= 11 is 0. The average Bonchev–Trinajstić information content (AvgIpc) is 2.86. The minimum absolute atomic E-state index is 0.104. The maximum atomic E-state index is 12.4. The summed E-state index contributed by atoms with van der Waals surface area (Å²) in [4.78, 5) is 18.4. The van der Waals surface area contributed by atoms with Gasteiger partial charge in [0, 0.05) is 25.6 Å². The van der Waals surface area contributed by atoms with Crippen LogP contribution in [0.3, 0.4) is 0 Å². The van der Waals surface area contributed by atoms with E-state index in [1.807, 2.05) is 11.8 Å². The molecule has 1 amide bonds. The summed E-state index contributed by atoms with van der Waals surface area (Å²) in [6.07, 6.45) is 2.89. The van der Waals surface area contributed by atoms with Gasteiger partial charge in [0.1, 0.15) is 5.82 Å². The second-order valence-electron chi connectivity index (χ2n) is 4.88. The molecule has 6 nitrogen and oxygen atoms in total. The predicted octanol–water partition coefficient (Wildman–Crippen LogP) is 0.567. The van der Waals surface area contributed by atoms with Gasteiger partial charge in [-0.05, 0) is 18.8 Å². The molecule has 1 aromatic heterocycles. The maximum absolute atomic E-state index is 12.4. The normalized spacial score (nSPS) is 24.3. The highest BCUT2D eigenvalue weighted by Gasteiger charge is 2.32. The molecule has 0 bridgehead atoms. The lowest BCUT2D eigenvalue weighted by atomic mass is 9.90. The molecule has 1 saturated heterocycles. The number of nitrogens with zero attached hydrogens (tertiary/aromatic N) is 3. The van der Waals surface area contributed by atoms with Crippen molar-refractivity contribution in [3.8, 4) is 0 Å². The van der Waals surface area contributed by atoms with Gasteiger partial charge in [0.15, 0.2) is 0 Å². The Labute approximate surface area is 107 Å². The monoisotopic (exact) mass is 251 g/mol. The lowest BCUT2D eigenvalue weighted by Gasteiger charge is -2.38. The lowest BCUT2D eigenvalue weighted by Crippen LogP contribution is -2.51. The van der Waals surface area contributed by atoms with Gasteiger partial charge in [-0.25, -0.2) is 4.98 Å². The van der Waals surface area contributed by atoms with E-state index in [4.69, 9.17) is 5.73 Å². The number of carbonyl (C=O) groups excluding carboxylic acids is 1. The number of nitrogens with one attached hydrogen (secondary N) is 1. The van der Waals surface area contributed by atoms with Crippen molar-refractivity contribution in [2.45, 2.75) is 39.2 Å². The first kappa shape index (κ1) is 13.0. The molecule has 1 fully saturated rings. The fraction of sp³-hybridized carbons (Fsp3) is 0.750. The summed E-state index contributed by atoms with van der Waals surface area (Å²) in [5, 5.41) is 6.77. The number of hydrogen-bond donors (Lipinski definition) is 2. The van der Waals surface area contributed by atoms with Crippen LogP contribution >= 0.6 is 0 Å². The molecular weight excluding hydrogens is 230 g/mol. The highest BCUT2D eigenvalue weighted by molar-refractivity contribution is 5.90. The molecule has 3 N–H and O–H groups in total. The standard InChI is InChI=1S/C12H21N5O/c1-3-10-14-11(16-15-10)12(18)17-6-4-5-8(2)9(17)7-13/h8-9H,3-7,13H2,1-2H3,(H,14,15,16). The van der Waals surface area contributed by atoms with E-state index in [9.17, 15) is 4.79 Å². The van der Waals surface area contributed by atoms with E-state index in [2.05, 4.69) is 22.1 Å². The van der Waals surface area contributed by atoms with E-state index in [0.717, 1.165) is 31.6 Å². The molecule has 18 heavy (non-hydrogen) atoms. The molecule has 1 aliphatic heterocycles. The van der Waals surface area contributed by atoms with Gasteiger partial charge in [-0.3, -0.25) is 9.89 Å². The molecule has 1 aromatic rings. The molecule has 0 saturated carbocycles. The second kappa shape index (κ2) is 5.48. The molecule has 2 atom stereocenters. The van der Waals surface area contributed by atoms with Crippen LogP contribution in [-0.4, -0.2) is 45.1 Å². The topological polar surface area (TPSA) is 87.9 Å². The largest absolute Gasteiger partial charge is 0.331 e. The van der Waals surface area contributed by atoms with Gasteiger partial charge in [0.25, 0.3) is 5.91 Å². The number of rotatable bonds is 3. The summed E-state index contributed by atoms with van der Waals surface area (Å²) < 4.78 is 0. The van der Waals surface area contributed by atoms with Crippen LogP contribution in [0.15, 0.2) is 0 Å². The van der Waals surface area contributed by atoms with Crippen LogP contribution in [0.1, 0.15) is 43.1 Å². The molecule has 0 radical (unpaired) electrons. The van der Waals surface area contributed by atoms with Crippen molar-refractivity contribution >= 4 is 5.91 Å². The average molecular weight is 251 g/mol. The Balaban J connectivity index is 2.16. The Bertz CT molecular complexity index is 416. The summed E-state index contributed by atoms with van der Waals surface area (Å²) in [7, 11) is 0. The summed E-state index contributed by atoms with van der Waals surface area (Å²) in [5.74, 6) is 1.34. The first-order chi connectivity index (χ1) is 8.67. The van der Waals surface area contributed by atoms with Crippen LogP contribution in [0.2, 0.25) is 0 Å². The number of carbonyl (C=O) groups is 1. The number of nitrogens with two attached hydrogens (primary N) is 1. The van der Waals surface area contributed by atoms with E-state index >= 15 is 0 Å². The van der Waals surface area contributed by atoms with Crippen LogP contribution in [0.5, 0.6) is 0 Å². The molecule has 100 valence electrons. The van der Waals surface area contributed by atoms with Gasteiger partial charge in [-0.1, -0.05) is 13.8 Å². The second-order valence-corrected chi connectivity index (χ2v) is 4.88. The van der Waals surface area contributed by atoms with E-state index in [1.165, 1.54) is 0 Å². The number of aromatic nitrogens is 3. The molecule has 0 aliphatic carbocycles. The number of likely N-dealkylation sites (tertiary alicyclic amines) is 1. The van der Waals surface area contributed by atoms with Crippen LogP contribution in [0, 0.1) is 5.92 Å². The molecule has 2 rings (SSSR count). The van der Waals surface area contributed by atoms with Crippen molar-refractivity contribution in [2.24, 2.45) is 11.7 Å². The SMILES string of the molecule is CCc1nc(C(=O)N2CCCC(C)C2CN)n[nH]1. The van der Waals surface area contributed by atoms with Crippen molar-refractivity contribution in [2.75, 3.05) is 13.1 Å². The molecule has 2 heterocycles. The minimum Gasteiger partial charge on any atom is -0.331 e. The Hall–Kier alpha value is -1.43. The van der Waals surface area contributed by atoms with Crippen LogP contribution in [-0.2, 0) is 6.42 Å². The third-order valence-corrected chi connectivity index (χ3v) is 3.68. The van der Waals surface area contributed by atoms with Gasteiger partial charge in [0.2, 0.25) is 5.82 Å². The van der Waals surface area contributed by atoms with Gasteiger partial charge in [-0.15, -0.1) is 5.10 Å². The van der Waals surface area contributed by atoms with E-state index < -0.39 is 0 Å². The van der Waals surface area contributed by atoms with Crippen LogP contribution in [0.25, 0.3) is 0 Å². The third kappa shape index (κ3) is 2.38. The fourth-order valence-corrected chi connectivity index (χ4v) is 2.54. The van der Waals surface area contributed by atoms with Crippen molar-refractivity contribution < 1.29 is 4.79 Å². The molecule has 6 heteroatoms. The van der Waals surface area contributed by atoms with Crippen molar-refractivity contribution in [3.05, 3.63) is 11.6 Å². The Kier molecular flexibility index (Phi) is 3.96. The highest BCUT2D eigenvalue weighted by Crippen LogP contribution is 2.23. The van der Waals surface area contributed by atoms with Gasteiger partial charge >= 0.3 is 0 Å². The van der Waals surface area contributed by atoms with Gasteiger partial charge in [0.05, 0.1) is 0 Å². The Morgan fingerprint density at radius 3 is 3.00 bits per heavy atom. The zero-order valence-electron chi connectivity index (χ0n) is 11.0. The number of hydrogen-bond acceptors (Lipinski definition) is 4. The molecule has 2 unspecified atom stereocenters. The number of aromatic amines is 1. The highest BCUT2D eigenvalue weighted by atomic mass is 16.2. The Morgan fingerprint density at radius 2 is 2.39 bits per heavy atom.